The van der Waals surface area contributed by atoms with Gasteiger partial charge in [-0.1, -0.05) is 84.6 Å². The zero-order valence-corrected chi connectivity index (χ0v) is 24.9. The van der Waals surface area contributed by atoms with Gasteiger partial charge >= 0.3 is 0 Å². The summed E-state index contributed by atoms with van der Waals surface area (Å²) in [5.74, 6) is -1.67. The minimum absolute atomic E-state index is 0.00640. The Morgan fingerprint density at radius 2 is 1.63 bits per heavy atom. The molecule has 4 rings (SSSR count). The number of halogens is 3. The Labute approximate surface area is 250 Å². The van der Waals surface area contributed by atoms with E-state index in [0.29, 0.717) is 10.6 Å². The molecule has 0 aromatic heterocycles. The molecular formula is C30H32Cl2FN3O4S. The molecule has 1 aliphatic rings. The predicted octanol–water partition coefficient (Wildman–Crippen LogP) is 5.60. The first kappa shape index (κ1) is 30.8. The molecule has 2 amide bonds. The molecule has 11 heteroatoms. The lowest BCUT2D eigenvalue weighted by molar-refractivity contribution is -0.140. The summed E-state index contributed by atoms with van der Waals surface area (Å²) in [6, 6.07) is 18.8. The van der Waals surface area contributed by atoms with Gasteiger partial charge in [0.1, 0.15) is 18.4 Å². The molecular weight excluding hydrogens is 588 g/mol. The Morgan fingerprint density at radius 3 is 2.27 bits per heavy atom. The fourth-order valence-electron chi connectivity index (χ4n) is 4.99. The molecule has 1 fully saturated rings. The summed E-state index contributed by atoms with van der Waals surface area (Å²) in [4.78, 5) is 29.3. The van der Waals surface area contributed by atoms with Crippen LogP contribution < -0.4 is 9.62 Å². The van der Waals surface area contributed by atoms with Crippen molar-refractivity contribution in [3.8, 4) is 0 Å². The van der Waals surface area contributed by atoms with Gasteiger partial charge in [-0.05, 0) is 48.2 Å². The predicted molar refractivity (Wildman–Crippen MR) is 160 cm³/mol. The number of hydrogen-bond donors (Lipinski definition) is 1. The molecule has 0 radical (unpaired) electrons. The van der Waals surface area contributed by atoms with Crippen molar-refractivity contribution in [3.05, 3.63) is 99.8 Å². The third-order valence-corrected chi connectivity index (χ3v) is 8.94. The molecule has 0 bridgehead atoms. The largest absolute Gasteiger partial charge is 0.352 e. The summed E-state index contributed by atoms with van der Waals surface area (Å²) < 4.78 is 40.4. The van der Waals surface area contributed by atoms with E-state index in [9.17, 15) is 22.4 Å². The minimum atomic E-state index is -4.00. The average molecular weight is 621 g/mol. The summed E-state index contributed by atoms with van der Waals surface area (Å²) in [5, 5.41) is 3.23. The number of hydrogen-bond acceptors (Lipinski definition) is 4. The van der Waals surface area contributed by atoms with Crippen LogP contribution in [0, 0.1) is 5.82 Å². The van der Waals surface area contributed by atoms with Crippen molar-refractivity contribution in [2.75, 3.05) is 17.1 Å². The smallest absolute Gasteiger partial charge is 0.244 e. The zero-order valence-electron chi connectivity index (χ0n) is 22.6. The normalized spacial score (nSPS) is 14.4. The molecule has 7 nitrogen and oxygen atoms in total. The molecule has 218 valence electrons. The van der Waals surface area contributed by atoms with E-state index in [1.807, 2.05) is 30.3 Å². The van der Waals surface area contributed by atoms with Crippen molar-refractivity contribution in [1.29, 1.82) is 0 Å². The SMILES string of the molecule is CS(=O)(=O)N(CC(=O)N(Cc1ccccc1Cl)[C@H](Cc1ccccc1)C(=O)NC1CCCC1)c1ccc(F)c(Cl)c1. The number of amides is 2. The highest BCUT2D eigenvalue weighted by Crippen LogP contribution is 2.26. The Bertz CT molecular complexity index is 1480. The van der Waals surface area contributed by atoms with Gasteiger partial charge in [0.25, 0.3) is 0 Å². The van der Waals surface area contributed by atoms with E-state index in [4.69, 9.17) is 23.2 Å². The van der Waals surface area contributed by atoms with E-state index in [1.54, 1.807) is 24.3 Å². The lowest BCUT2D eigenvalue weighted by Gasteiger charge is -2.34. The van der Waals surface area contributed by atoms with Crippen LogP contribution in [-0.4, -0.2) is 50.0 Å². The Hall–Kier alpha value is -3.14. The fraction of sp³-hybridized carbons (Fsp3) is 0.333. The van der Waals surface area contributed by atoms with Gasteiger partial charge in [-0.15, -0.1) is 0 Å². The highest BCUT2D eigenvalue weighted by atomic mass is 35.5. The van der Waals surface area contributed by atoms with Gasteiger partial charge in [-0.3, -0.25) is 13.9 Å². The van der Waals surface area contributed by atoms with E-state index < -0.39 is 34.3 Å². The monoisotopic (exact) mass is 619 g/mol. The maximum absolute atomic E-state index is 14.1. The topological polar surface area (TPSA) is 86.8 Å². The number of rotatable bonds is 11. The molecule has 1 aliphatic carbocycles. The summed E-state index contributed by atoms with van der Waals surface area (Å²) in [5.41, 5.74) is 1.46. The van der Waals surface area contributed by atoms with E-state index >= 15 is 0 Å². The van der Waals surface area contributed by atoms with Crippen LogP contribution >= 0.6 is 23.2 Å². The molecule has 3 aromatic carbocycles. The molecule has 0 spiro atoms. The maximum atomic E-state index is 14.1. The second kappa shape index (κ2) is 13.7. The molecule has 1 saturated carbocycles. The molecule has 1 N–H and O–H groups in total. The number of carbonyl (C=O) groups excluding carboxylic acids is 2. The van der Waals surface area contributed by atoms with Gasteiger partial charge in [0.05, 0.1) is 17.0 Å². The summed E-state index contributed by atoms with van der Waals surface area (Å²) in [6.45, 7) is -0.664. The zero-order chi connectivity index (χ0) is 29.6. The van der Waals surface area contributed by atoms with Gasteiger partial charge in [0.2, 0.25) is 21.8 Å². The van der Waals surface area contributed by atoms with Gasteiger partial charge in [0, 0.05) is 24.0 Å². The Balaban J connectivity index is 1.74. The lowest BCUT2D eigenvalue weighted by atomic mass is 10.0. The second-order valence-electron chi connectivity index (χ2n) is 10.2. The van der Waals surface area contributed by atoms with Crippen LogP contribution in [0.2, 0.25) is 10.0 Å². The van der Waals surface area contributed by atoms with Crippen LogP contribution in [0.15, 0.2) is 72.8 Å². The summed E-state index contributed by atoms with van der Waals surface area (Å²) in [7, 11) is -4.00. The third kappa shape index (κ3) is 8.21. The van der Waals surface area contributed by atoms with E-state index in [2.05, 4.69) is 5.32 Å². The number of benzene rings is 3. The van der Waals surface area contributed by atoms with Crippen molar-refractivity contribution in [1.82, 2.24) is 10.2 Å². The van der Waals surface area contributed by atoms with Crippen LogP contribution in [0.3, 0.4) is 0 Å². The Kier molecular flexibility index (Phi) is 10.3. The van der Waals surface area contributed by atoms with Crippen LogP contribution in [0.25, 0.3) is 0 Å². The van der Waals surface area contributed by atoms with Crippen molar-refractivity contribution in [2.24, 2.45) is 0 Å². The van der Waals surface area contributed by atoms with Crippen LogP contribution in [-0.2, 0) is 32.6 Å². The molecule has 0 saturated heterocycles. The fourth-order valence-corrected chi connectivity index (χ4v) is 6.20. The second-order valence-corrected chi connectivity index (χ2v) is 12.9. The third-order valence-electron chi connectivity index (χ3n) is 7.14. The number of anilines is 1. The van der Waals surface area contributed by atoms with Gasteiger partial charge in [0.15, 0.2) is 0 Å². The first-order valence-electron chi connectivity index (χ1n) is 13.3. The van der Waals surface area contributed by atoms with Crippen molar-refractivity contribution < 1.29 is 22.4 Å². The van der Waals surface area contributed by atoms with Gasteiger partial charge in [-0.25, -0.2) is 12.8 Å². The Morgan fingerprint density at radius 1 is 0.976 bits per heavy atom. The van der Waals surface area contributed by atoms with Crippen molar-refractivity contribution in [3.63, 3.8) is 0 Å². The number of nitrogens with zero attached hydrogens (tertiary/aromatic N) is 2. The average Bonchev–Trinajstić information content (AvgIpc) is 3.44. The molecule has 41 heavy (non-hydrogen) atoms. The first-order chi connectivity index (χ1) is 19.5. The molecule has 3 aromatic rings. The van der Waals surface area contributed by atoms with Crippen LogP contribution in [0.5, 0.6) is 0 Å². The standard InChI is InChI=1S/C30H32Cl2FN3O4S/c1-41(39,40)36(24-15-16-27(33)26(32)18-24)20-29(37)35(19-22-11-5-8-14-25(22)31)28(17-21-9-3-2-4-10-21)30(38)34-23-12-6-7-13-23/h2-5,8-11,14-16,18,23,28H,6-7,12-13,17,19-20H2,1H3,(H,34,38)/t28-/m1/s1. The number of carbonyl (C=O) groups is 2. The molecule has 0 heterocycles. The van der Waals surface area contributed by atoms with Gasteiger partial charge in [-0.2, -0.15) is 0 Å². The van der Waals surface area contributed by atoms with E-state index in [0.717, 1.165) is 53.9 Å². The van der Waals surface area contributed by atoms with Crippen LogP contribution in [0.4, 0.5) is 10.1 Å². The number of nitrogens with one attached hydrogen (secondary N) is 1. The molecule has 0 unspecified atom stereocenters. The number of sulfonamides is 1. The minimum Gasteiger partial charge on any atom is -0.352 e. The molecule has 0 aliphatic heterocycles. The summed E-state index contributed by atoms with van der Waals surface area (Å²) >= 11 is 12.4. The molecule has 1 atom stereocenters. The highest BCUT2D eigenvalue weighted by molar-refractivity contribution is 7.92. The van der Waals surface area contributed by atoms with E-state index in [1.165, 1.54) is 11.0 Å². The quantitative estimate of drug-likeness (QED) is 0.303. The summed E-state index contributed by atoms with van der Waals surface area (Å²) in [6.07, 6.45) is 4.89. The van der Waals surface area contributed by atoms with Crippen LogP contribution in [0.1, 0.15) is 36.8 Å². The van der Waals surface area contributed by atoms with E-state index in [-0.39, 0.29) is 35.6 Å². The van der Waals surface area contributed by atoms with Crippen molar-refractivity contribution in [2.45, 2.75) is 50.7 Å². The lowest BCUT2D eigenvalue weighted by Crippen LogP contribution is -2.54. The first-order valence-corrected chi connectivity index (χ1v) is 15.9. The van der Waals surface area contributed by atoms with Gasteiger partial charge < -0.3 is 10.2 Å². The van der Waals surface area contributed by atoms with Crippen molar-refractivity contribution >= 4 is 50.7 Å². The highest BCUT2D eigenvalue weighted by Gasteiger charge is 2.34. The maximum Gasteiger partial charge on any atom is 0.244 e.